The number of hydrogen-bond acceptors (Lipinski definition) is 2. The van der Waals surface area contributed by atoms with Gasteiger partial charge in [0.15, 0.2) is 0 Å². The van der Waals surface area contributed by atoms with Gasteiger partial charge in [-0.15, -0.1) is 0 Å². The number of rotatable bonds is 5. The summed E-state index contributed by atoms with van der Waals surface area (Å²) in [6.45, 7) is 6.33. The monoisotopic (exact) mass is 395 g/mol. The summed E-state index contributed by atoms with van der Waals surface area (Å²) in [7, 11) is 0. The van der Waals surface area contributed by atoms with Gasteiger partial charge in [-0.25, -0.2) is 5.43 Å². The van der Waals surface area contributed by atoms with Gasteiger partial charge in [0.05, 0.1) is 6.21 Å². The summed E-state index contributed by atoms with van der Waals surface area (Å²) in [6, 6.07) is 24.1. The molecule has 1 amide bonds. The highest BCUT2D eigenvalue weighted by Gasteiger charge is 2.12. The Balaban J connectivity index is 1.59. The number of aromatic nitrogens is 1. The molecule has 0 radical (unpaired) electrons. The molecule has 0 unspecified atom stereocenters. The molecule has 0 saturated carbocycles. The Morgan fingerprint density at radius 3 is 2.57 bits per heavy atom. The lowest BCUT2D eigenvalue weighted by Crippen LogP contribution is -2.18. The largest absolute Gasteiger partial charge is 0.318 e. The highest BCUT2D eigenvalue weighted by Crippen LogP contribution is 2.23. The van der Waals surface area contributed by atoms with Crippen LogP contribution in [0.25, 0.3) is 16.5 Å². The maximum absolute atomic E-state index is 12.7. The molecule has 1 aromatic heterocycles. The SMILES string of the molecule is CCc1ccccc1-n1c(C)cc(/C=N\NC(=O)c2cccc3ccccc23)c1C. The molecule has 1 heterocycles. The van der Waals surface area contributed by atoms with E-state index in [9.17, 15) is 4.79 Å². The first-order chi connectivity index (χ1) is 14.6. The van der Waals surface area contributed by atoms with Gasteiger partial charge in [0, 0.05) is 28.2 Å². The van der Waals surface area contributed by atoms with E-state index < -0.39 is 0 Å². The second-order valence-corrected chi connectivity index (χ2v) is 7.37. The number of para-hydroxylation sites is 1. The Morgan fingerprint density at radius 2 is 1.73 bits per heavy atom. The molecule has 0 fully saturated rings. The van der Waals surface area contributed by atoms with Crippen molar-refractivity contribution in [2.75, 3.05) is 0 Å². The van der Waals surface area contributed by atoms with Gasteiger partial charge in [0.2, 0.25) is 0 Å². The molecule has 150 valence electrons. The number of benzene rings is 3. The normalized spacial score (nSPS) is 11.3. The van der Waals surface area contributed by atoms with Gasteiger partial charge in [0.25, 0.3) is 5.91 Å². The Morgan fingerprint density at radius 1 is 1.00 bits per heavy atom. The molecule has 3 aromatic carbocycles. The van der Waals surface area contributed by atoms with Crippen molar-refractivity contribution in [3.05, 3.63) is 101 Å². The van der Waals surface area contributed by atoms with Crippen molar-refractivity contribution in [3.63, 3.8) is 0 Å². The number of nitrogens with one attached hydrogen (secondary N) is 1. The smallest absolute Gasteiger partial charge is 0.271 e. The number of nitrogens with zero attached hydrogens (tertiary/aromatic N) is 2. The highest BCUT2D eigenvalue weighted by atomic mass is 16.2. The van der Waals surface area contributed by atoms with E-state index in [1.54, 1.807) is 6.21 Å². The van der Waals surface area contributed by atoms with E-state index in [0.717, 1.165) is 34.1 Å². The Bertz CT molecular complexity index is 1250. The van der Waals surface area contributed by atoms with Crippen LogP contribution in [0.4, 0.5) is 0 Å². The van der Waals surface area contributed by atoms with E-state index in [2.05, 4.69) is 66.2 Å². The van der Waals surface area contributed by atoms with Crippen molar-refractivity contribution in [3.8, 4) is 5.69 Å². The topological polar surface area (TPSA) is 46.4 Å². The molecule has 1 N–H and O–H groups in total. The van der Waals surface area contributed by atoms with Crippen molar-refractivity contribution in [2.45, 2.75) is 27.2 Å². The molecular weight excluding hydrogens is 370 g/mol. The number of carbonyl (C=O) groups is 1. The molecule has 0 atom stereocenters. The third kappa shape index (κ3) is 3.64. The first kappa shape index (κ1) is 19.6. The fraction of sp³-hybridized carbons (Fsp3) is 0.154. The predicted molar refractivity (Wildman–Crippen MR) is 124 cm³/mol. The maximum Gasteiger partial charge on any atom is 0.271 e. The quantitative estimate of drug-likeness (QED) is 0.348. The van der Waals surface area contributed by atoms with E-state index in [0.29, 0.717) is 5.56 Å². The van der Waals surface area contributed by atoms with Crippen LogP contribution in [-0.2, 0) is 6.42 Å². The van der Waals surface area contributed by atoms with Crippen molar-refractivity contribution < 1.29 is 4.79 Å². The fourth-order valence-corrected chi connectivity index (χ4v) is 3.96. The second-order valence-electron chi connectivity index (χ2n) is 7.37. The summed E-state index contributed by atoms with van der Waals surface area (Å²) >= 11 is 0. The Hall–Kier alpha value is -3.66. The first-order valence-corrected chi connectivity index (χ1v) is 10.2. The van der Waals surface area contributed by atoms with Gasteiger partial charge in [-0.1, -0.05) is 61.5 Å². The second kappa shape index (κ2) is 8.37. The van der Waals surface area contributed by atoms with E-state index >= 15 is 0 Å². The lowest BCUT2D eigenvalue weighted by Gasteiger charge is -2.13. The summed E-state index contributed by atoms with van der Waals surface area (Å²) in [4.78, 5) is 12.7. The van der Waals surface area contributed by atoms with Crippen molar-refractivity contribution in [1.82, 2.24) is 9.99 Å². The fourth-order valence-electron chi connectivity index (χ4n) is 3.96. The van der Waals surface area contributed by atoms with E-state index in [1.165, 1.54) is 11.3 Å². The Labute approximate surface area is 176 Å². The van der Waals surface area contributed by atoms with Crippen LogP contribution in [-0.4, -0.2) is 16.7 Å². The molecule has 4 nitrogen and oxygen atoms in total. The first-order valence-electron chi connectivity index (χ1n) is 10.2. The minimum Gasteiger partial charge on any atom is -0.318 e. The van der Waals surface area contributed by atoms with Crippen LogP contribution in [0.3, 0.4) is 0 Å². The van der Waals surface area contributed by atoms with Crippen LogP contribution >= 0.6 is 0 Å². The average molecular weight is 396 g/mol. The number of hydrogen-bond donors (Lipinski definition) is 1. The van der Waals surface area contributed by atoms with Gasteiger partial charge in [-0.2, -0.15) is 5.10 Å². The third-order valence-corrected chi connectivity index (χ3v) is 5.49. The molecule has 0 spiro atoms. The minimum absolute atomic E-state index is 0.215. The molecule has 4 rings (SSSR count). The molecule has 4 heteroatoms. The van der Waals surface area contributed by atoms with E-state index in [4.69, 9.17) is 0 Å². The van der Waals surface area contributed by atoms with Crippen LogP contribution in [0, 0.1) is 13.8 Å². The zero-order chi connectivity index (χ0) is 21.1. The third-order valence-electron chi connectivity index (χ3n) is 5.49. The molecule has 0 saturated heterocycles. The van der Waals surface area contributed by atoms with Crippen LogP contribution in [0.2, 0.25) is 0 Å². The predicted octanol–water partition coefficient (Wildman–Crippen LogP) is 5.57. The van der Waals surface area contributed by atoms with Gasteiger partial charge in [-0.05, 0) is 54.8 Å². The molecule has 0 bridgehead atoms. The van der Waals surface area contributed by atoms with Crippen LogP contribution < -0.4 is 5.43 Å². The van der Waals surface area contributed by atoms with Crippen molar-refractivity contribution >= 4 is 22.9 Å². The summed E-state index contributed by atoms with van der Waals surface area (Å²) in [5, 5.41) is 6.19. The molecule has 0 aliphatic carbocycles. The molecule has 0 aliphatic heterocycles. The van der Waals surface area contributed by atoms with E-state index in [-0.39, 0.29) is 5.91 Å². The lowest BCUT2D eigenvalue weighted by molar-refractivity contribution is 0.0957. The molecule has 4 aromatic rings. The van der Waals surface area contributed by atoms with Crippen LogP contribution in [0.1, 0.15) is 39.8 Å². The molecule has 0 aliphatic rings. The van der Waals surface area contributed by atoms with Gasteiger partial charge < -0.3 is 4.57 Å². The van der Waals surface area contributed by atoms with Gasteiger partial charge in [-0.3, -0.25) is 4.79 Å². The number of hydrazone groups is 1. The van der Waals surface area contributed by atoms with Crippen molar-refractivity contribution in [2.24, 2.45) is 5.10 Å². The lowest BCUT2D eigenvalue weighted by atomic mass is 10.0. The van der Waals surface area contributed by atoms with Gasteiger partial charge >= 0.3 is 0 Å². The Kier molecular flexibility index (Phi) is 5.48. The average Bonchev–Trinajstić information content (AvgIpc) is 3.06. The molecular formula is C26H25N3O. The van der Waals surface area contributed by atoms with Gasteiger partial charge in [0.1, 0.15) is 0 Å². The standard InChI is InChI=1S/C26H25N3O/c1-4-20-10-6-8-15-25(20)29-18(2)16-22(19(29)3)17-27-28-26(30)24-14-9-12-21-11-5-7-13-23(21)24/h5-17H,4H2,1-3H3,(H,28,30)/b27-17-. The number of amides is 1. The summed E-state index contributed by atoms with van der Waals surface area (Å²) < 4.78 is 2.24. The van der Waals surface area contributed by atoms with Crippen LogP contribution in [0.15, 0.2) is 77.9 Å². The number of aryl methyl sites for hydroxylation is 2. The minimum atomic E-state index is -0.215. The number of fused-ring (bicyclic) bond motifs is 1. The molecule has 30 heavy (non-hydrogen) atoms. The summed E-state index contributed by atoms with van der Waals surface area (Å²) in [5.41, 5.74) is 9.00. The zero-order valence-corrected chi connectivity index (χ0v) is 17.5. The number of carbonyl (C=O) groups excluding carboxylic acids is 1. The van der Waals surface area contributed by atoms with Crippen LogP contribution in [0.5, 0.6) is 0 Å². The maximum atomic E-state index is 12.7. The highest BCUT2D eigenvalue weighted by molar-refractivity contribution is 6.07. The summed E-state index contributed by atoms with van der Waals surface area (Å²) in [5.74, 6) is -0.215. The summed E-state index contributed by atoms with van der Waals surface area (Å²) in [6.07, 6.45) is 2.69. The zero-order valence-electron chi connectivity index (χ0n) is 17.5. The van der Waals surface area contributed by atoms with E-state index in [1.807, 2.05) is 42.5 Å². The van der Waals surface area contributed by atoms with Crippen molar-refractivity contribution in [1.29, 1.82) is 0 Å².